The molecule has 0 N–H and O–H groups in total. The predicted molar refractivity (Wildman–Crippen MR) is 89.7 cm³/mol. The van der Waals surface area contributed by atoms with E-state index in [2.05, 4.69) is 12.2 Å². The van der Waals surface area contributed by atoms with Crippen molar-refractivity contribution in [3.8, 4) is 0 Å². The Morgan fingerprint density at radius 1 is 1.16 bits per heavy atom. The second kappa shape index (κ2) is 4.81. The molecule has 0 aromatic heterocycles. The SMILES string of the molecule is CCOC(=O)c1cccc(N2C(=O)[C@@H]3[C@@H](C2=O)[C@H]2C=C[C@H]3C23CC3)c1. The number of fused-ring (bicyclic) bond motifs is 3. The third kappa shape index (κ3) is 1.76. The minimum absolute atomic E-state index is 0.112. The number of carbonyl (C=O) groups is 3. The summed E-state index contributed by atoms with van der Waals surface area (Å²) in [6.07, 6.45) is 6.56. The molecule has 1 spiro atoms. The van der Waals surface area contributed by atoms with Crippen molar-refractivity contribution in [2.45, 2.75) is 19.8 Å². The number of hydrogen-bond donors (Lipinski definition) is 0. The summed E-state index contributed by atoms with van der Waals surface area (Å²) in [5.74, 6) is -0.706. The van der Waals surface area contributed by atoms with Crippen LogP contribution in [0.15, 0.2) is 36.4 Å². The summed E-state index contributed by atoms with van der Waals surface area (Å²) < 4.78 is 5.02. The van der Waals surface area contributed by atoms with Crippen molar-refractivity contribution in [2.75, 3.05) is 11.5 Å². The molecule has 3 aliphatic carbocycles. The van der Waals surface area contributed by atoms with Gasteiger partial charge >= 0.3 is 5.97 Å². The van der Waals surface area contributed by atoms with E-state index < -0.39 is 5.97 Å². The third-order valence-corrected chi connectivity index (χ3v) is 6.47. The van der Waals surface area contributed by atoms with Gasteiger partial charge in [-0.1, -0.05) is 18.2 Å². The Balaban J connectivity index is 1.49. The maximum Gasteiger partial charge on any atom is 0.338 e. The average molecular weight is 337 g/mol. The molecule has 25 heavy (non-hydrogen) atoms. The number of carbonyl (C=O) groups excluding carboxylic acids is 3. The van der Waals surface area contributed by atoms with Gasteiger partial charge in [-0.3, -0.25) is 9.59 Å². The summed E-state index contributed by atoms with van der Waals surface area (Å²) in [6.45, 7) is 2.03. The van der Waals surface area contributed by atoms with Gasteiger partial charge in [0.2, 0.25) is 11.8 Å². The first kappa shape index (κ1) is 14.9. The first-order valence-corrected chi connectivity index (χ1v) is 8.92. The van der Waals surface area contributed by atoms with Gasteiger partial charge in [-0.05, 0) is 55.2 Å². The largest absolute Gasteiger partial charge is 0.462 e. The summed E-state index contributed by atoms with van der Waals surface area (Å²) in [4.78, 5) is 39.4. The van der Waals surface area contributed by atoms with Crippen molar-refractivity contribution in [2.24, 2.45) is 29.1 Å². The van der Waals surface area contributed by atoms with Crippen LogP contribution in [0.5, 0.6) is 0 Å². The number of anilines is 1. The molecule has 4 aliphatic rings. The standard InChI is InChI=1S/C20H19NO4/c1-2-25-19(24)11-4-3-5-12(10-11)21-17(22)15-13-6-7-14(16(15)18(21)23)20(13)8-9-20/h3-7,10,13-16H,2,8-9H2,1H3/t13-,14-,15+,16+/m1/s1. The Bertz CT molecular complexity index is 804. The number of allylic oxidation sites excluding steroid dienone is 2. The quantitative estimate of drug-likeness (QED) is 0.483. The number of imide groups is 1. The summed E-state index contributed by atoms with van der Waals surface area (Å²) in [6, 6.07) is 6.61. The Morgan fingerprint density at radius 2 is 1.80 bits per heavy atom. The Hall–Kier alpha value is -2.43. The maximum absolute atomic E-state index is 13.1. The molecule has 2 saturated carbocycles. The fourth-order valence-corrected chi connectivity index (χ4v) is 5.32. The second-order valence-electron chi connectivity index (χ2n) is 7.50. The van der Waals surface area contributed by atoms with Crippen LogP contribution in [0.3, 0.4) is 0 Å². The molecule has 1 aromatic carbocycles. The van der Waals surface area contributed by atoms with Gasteiger partial charge in [0.15, 0.2) is 0 Å². The first-order chi connectivity index (χ1) is 12.1. The van der Waals surface area contributed by atoms with Gasteiger partial charge in [-0.15, -0.1) is 0 Å². The minimum atomic E-state index is -0.442. The molecule has 0 unspecified atom stereocenters. The predicted octanol–water partition coefficient (Wildman–Crippen LogP) is 2.56. The van der Waals surface area contributed by atoms with Crippen LogP contribution in [0.4, 0.5) is 5.69 Å². The van der Waals surface area contributed by atoms with Gasteiger partial charge in [-0.2, -0.15) is 0 Å². The molecule has 1 heterocycles. The third-order valence-electron chi connectivity index (χ3n) is 6.47. The second-order valence-corrected chi connectivity index (χ2v) is 7.50. The first-order valence-electron chi connectivity index (χ1n) is 8.92. The number of hydrogen-bond acceptors (Lipinski definition) is 4. The molecule has 2 amide bonds. The molecular weight excluding hydrogens is 318 g/mol. The normalized spacial score (nSPS) is 33.2. The van der Waals surface area contributed by atoms with E-state index in [1.807, 2.05) is 0 Å². The highest BCUT2D eigenvalue weighted by atomic mass is 16.5. The summed E-state index contributed by atoms with van der Waals surface area (Å²) >= 11 is 0. The van der Waals surface area contributed by atoms with Gasteiger partial charge < -0.3 is 4.74 Å². The van der Waals surface area contributed by atoms with Gasteiger partial charge in [0.05, 0.1) is 29.7 Å². The Kier molecular flexibility index (Phi) is 2.86. The van der Waals surface area contributed by atoms with Crippen molar-refractivity contribution in [3.05, 3.63) is 42.0 Å². The van der Waals surface area contributed by atoms with Gasteiger partial charge in [0, 0.05) is 0 Å². The van der Waals surface area contributed by atoms with E-state index in [0.717, 1.165) is 12.8 Å². The lowest BCUT2D eigenvalue weighted by Crippen LogP contribution is -2.34. The molecule has 0 radical (unpaired) electrons. The van der Waals surface area contributed by atoms with Crippen LogP contribution in [0.1, 0.15) is 30.1 Å². The lowest BCUT2D eigenvalue weighted by molar-refractivity contribution is -0.123. The molecule has 128 valence electrons. The molecule has 5 nitrogen and oxygen atoms in total. The number of nitrogens with zero attached hydrogens (tertiary/aromatic N) is 1. The van der Waals surface area contributed by atoms with Crippen LogP contribution in [0.2, 0.25) is 0 Å². The van der Waals surface area contributed by atoms with Crippen molar-refractivity contribution in [1.82, 2.24) is 0 Å². The van der Waals surface area contributed by atoms with Crippen LogP contribution in [-0.2, 0) is 14.3 Å². The van der Waals surface area contributed by atoms with Crippen molar-refractivity contribution >= 4 is 23.5 Å². The van der Waals surface area contributed by atoms with Crippen molar-refractivity contribution < 1.29 is 19.1 Å². The molecule has 1 aliphatic heterocycles. The van der Waals surface area contributed by atoms with Gasteiger partial charge in [0.1, 0.15) is 0 Å². The molecule has 1 saturated heterocycles. The average Bonchev–Trinajstić information content (AvgIpc) is 3.20. The topological polar surface area (TPSA) is 63.7 Å². The summed E-state index contributed by atoms with van der Waals surface area (Å²) in [7, 11) is 0. The Labute approximate surface area is 145 Å². The van der Waals surface area contributed by atoms with Gasteiger partial charge in [0.25, 0.3) is 0 Å². The fourth-order valence-electron chi connectivity index (χ4n) is 5.32. The lowest BCUT2D eigenvalue weighted by Gasteiger charge is -2.22. The number of rotatable bonds is 3. The van der Waals surface area contributed by atoms with Crippen LogP contribution < -0.4 is 4.90 Å². The molecule has 5 rings (SSSR count). The van der Waals surface area contributed by atoms with E-state index in [1.54, 1.807) is 31.2 Å². The lowest BCUT2D eigenvalue weighted by atomic mass is 9.85. The van der Waals surface area contributed by atoms with Crippen LogP contribution >= 0.6 is 0 Å². The number of benzene rings is 1. The summed E-state index contributed by atoms with van der Waals surface area (Å²) in [5, 5.41) is 0. The van der Waals surface area contributed by atoms with Crippen LogP contribution in [0.25, 0.3) is 0 Å². The van der Waals surface area contributed by atoms with Crippen LogP contribution in [0, 0.1) is 29.1 Å². The van der Waals surface area contributed by atoms with Crippen LogP contribution in [-0.4, -0.2) is 24.4 Å². The number of ether oxygens (including phenoxy) is 1. The van der Waals surface area contributed by atoms with Crippen molar-refractivity contribution in [1.29, 1.82) is 0 Å². The van der Waals surface area contributed by atoms with Crippen molar-refractivity contribution in [3.63, 3.8) is 0 Å². The minimum Gasteiger partial charge on any atom is -0.462 e. The molecule has 4 atom stereocenters. The zero-order chi connectivity index (χ0) is 17.3. The van der Waals surface area contributed by atoms with E-state index >= 15 is 0 Å². The van der Waals surface area contributed by atoms with Gasteiger partial charge in [-0.25, -0.2) is 9.69 Å². The highest BCUT2D eigenvalue weighted by Gasteiger charge is 2.73. The van der Waals surface area contributed by atoms with E-state index in [4.69, 9.17) is 4.74 Å². The molecule has 2 bridgehead atoms. The summed E-state index contributed by atoms with van der Waals surface area (Å²) in [5.41, 5.74) is 1.02. The van der Waals surface area contributed by atoms with E-state index in [9.17, 15) is 14.4 Å². The zero-order valence-corrected chi connectivity index (χ0v) is 14.0. The molecule has 3 fully saturated rings. The maximum atomic E-state index is 13.1. The molecular formula is C20H19NO4. The zero-order valence-electron chi connectivity index (χ0n) is 14.0. The fraction of sp³-hybridized carbons (Fsp3) is 0.450. The van der Waals surface area contributed by atoms with E-state index in [0.29, 0.717) is 11.3 Å². The highest BCUT2D eigenvalue weighted by Crippen LogP contribution is 2.73. The van der Waals surface area contributed by atoms with E-state index in [1.165, 1.54) is 4.90 Å². The smallest absolute Gasteiger partial charge is 0.338 e. The molecule has 5 heteroatoms. The number of amides is 2. The highest BCUT2D eigenvalue weighted by molar-refractivity contribution is 6.23. The Morgan fingerprint density at radius 3 is 2.36 bits per heavy atom. The number of esters is 1. The van der Waals surface area contributed by atoms with E-state index in [-0.39, 0.29) is 47.5 Å². The monoisotopic (exact) mass is 337 g/mol. The molecule has 1 aromatic rings.